The van der Waals surface area contributed by atoms with E-state index >= 15 is 0 Å². The molecule has 4 aromatic carbocycles. The van der Waals surface area contributed by atoms with Crippen molar-refractivity contribution in [1.82, 2.24) is 0 Å². The second kappa shape index (κ2) is 14.0. The summed E-state index contributed by atoms with van der Waals surface area (Å²) in [6.45, 7) is 4.62. The third-order valence-electron chi connectivity index (χ3n) is 5.87. The van der Waals surface area contributed by atoms with Gasteiger partial charge in [0.05, 0.1) is 13.2 Å². The Morgan fingerprint density at radius 2 is 0.842 bits per heavy atom. The molecule has 0 aliphatic carbocycles. The van der Waals surface area contributed by atoms with Crippen molar-refractivity contribution >= 4 is 23.5 Å². The van der Waals surface area contributed by atoms with Gasteiger partial charge in [0, 0.05) is 43.6 Å². The van der Waals surface area contributed by atoms with Crippen LogP contribution in [-0.2, 0) is 0 Å². The SMILES string of the molecule is Cc1cc(C#Cc2ccc(SCCO)cc2)ccc1-c1ccc(C#Cc2ccc(SCCO)cc2)cc1C. The Bertz CT molecular complexity index is 1380. The van der Waals surface area contributed by atoms with Crippen LogP contribution in [0.2, 0.25) is 0 Å². The molecular formula is C34H30O2S2. The molecule has 0 spiro atoms. The number of hydrogen-bond donors (Lipinski definition) is 2. The average molecular weight is 535 g/mol. The molecule has 4 rings (SSSR count). The van der Waals surface area contributed by atoms with Crippen LogP contribution in [0.4, 0.5) is 0 Å². The van der Waals surface area contributed by atoms with Gasteiger partial charge in [0.2, 0.25) is 0 Å². The van der Waals surface area contributed by atoms with Gasteiger partial charge in [-0.25, -0.2) is 0 Å². The third-order valence-corrected chi connectivity index (χ3v) is 7.86. The summed E-state index contributed by atoms with van der Waals surface area (Å²) in [7, 11) is 0. The minimum absolute atomic E-state index is 0.182. The zero-order valence-electron chi connectivity index (χ0n) is 21.6. The molecule has 0 atom stereocenters. The van der Waals surface area contributed by atoms with E-state index < -0.39 is 0 Å². The number of rotatable bonds is 7. The van der Waals surface area contributed by atoms with Gasteiger partial charge in [-0.3, -0.25) is 0 Å². The first-order valence-electron chi connectivity index (χ1n) is 12.5. The molecule has 0 aliphatic rings. The summed E-state index contributed by atoms with van der Waals surface area (Å²) in [5.41, 5.74) is 8.72. The van der Waals surface area contributed by atoms with Crippen molar-refractivity contribution in [3.8, 4) is 34.8 Å². The van der Waals surface area contributed by atoms with E-state index in [2.05, 4.69) is 73.9 Å². The van der Waals surface area contributed by atoms with Gasteiger partial charge in [0.25, 0.3) is 0 Å². The molecule has 0 aliphatic heterocycles. The second-order valence-electron chi connectivity index (χ2n) is 8.75. The molecule has 2 nitrogen and oxygen atoms in total. The van der Waals surface area contributed by atoms with Crippen molar-refractivity contribution in [3.05, 3.63) is 118 Å². The molecule has 0 heterocycles. The lowest BCUT2D eigenvalue weighted by Gasteiger charge is -2.10. The smallest absolute Gasteiger partial charge is 0.0525 e. The van der Waals surface area contributed by atoms with Crippen LogP contribution >= 0.6 is 23.5 Å². The van der Waals surface area contributed by atoms with Crippen LogP contribution in [0.3, 0.4) is 0 Å². The van der Waals surface area contributed by atoms with Crippen molar-refractivity contribution in [2.75, 3.05) is 24.7 Å². The minimum atomic E-state index is 0.182. The largest absolute Gasteiger partial charge is 0.396 e. The maximum absolute atomic E-state index is 8.97. The maximum Gasteiger partial charge on any atom is 0.0525 e. The van der Waals surface area contributed by atoms with Crippen LogP contribution in [-0.4, -0.2) is 34.9 Å². The first-order valence-corrected chi connectivity index (χ1v) is 14.5. The Kier molecular flexibility index (Phi) is 10.2. The quantitative estimate of drug-likeness (QED) is 0.199. The molecule has 4 heteroatoms. The lowest BCUT2D eigenvalue weighted by atomic mass is 9.94. The normalized spacial score (nSPS) is 10.3. The number of aliphatic hydroxyl groups is 2. The molecule has 0 amide bonds. The Balaban J connectivity index is 1.45. The molecule has 0 unspecified atom stereocenters. The van der Waals surface area contributed by atoms with E-state index in [4.69, 9.17) is 10.2 Å². The molecule has 0 aromatic heterocycles. The first kappa shape index (κ1) is 27.6. The van der Waals surface area contributed by atoms with Gasteiger partial charge in [0.1, 0.15) is 0 Å². The molecule has 0 radical (unpaired) electrons. The molecular weight excluding hydrogens is 505 g/mol. The highest BCUT2D eigenvalue weighted by Gasteiger charge is 2.06. The number of aryl methyl sites for hydroxylation is 2. The van der Waals surface area contributed by atoms with Crippen LogP contribution in [0.5, 0.6) is 0 Å². The highest BCUT2D eigenvalue weighted by atomic mass is 32.2. The minimum Gasteiger partial charge on any atom is -0.396 e. The van der Waals surface area contributed by atoms with Crippen molar-refractivity contribution < 1.29 is 10.2 Å². The highest BCUT2D eigenvalue weighted by Crippen LogP contribution is 2.28. The molecule has 0 saturated heterocycles. The lowest BCUT2D eigenvalue weighted by molar-refractivity contribution is 0.322. The fourth-order valence-corrected chi connectivity index (χ4v) is 5.28. The number of hydrogen-bond acceptors (Lipinski definition) is 4. The summed E-state index contributed by atoms with van der Waals surface area (Å²) in [5, 5.41) is 17.9. The Labute approximate surface area is 234 Å². The molecule has 190 valence electrons. The van der Waals surface area contributed by atoms with Gasteiger partial charge in [-0.2, -0.15) is 0 Å². The van der Waals surface area contributed by atoms with E-state index in [-0.39, 0.29) is 13.2 Å². The summed E-state index contributed by atoms with van der Waals surface area (Å²) >= 11 is 3.28. The first-order chi connectivity index (χ1) is 18.6. The van der Waals surface area contributed by atoms with Crippen LogP contribution in [0.15, 0.2) is 94.7 Å². The van der Waals surface area contributed by atoms with E-state index in [9.17, 15) is 0 Å². The zero-order chi connectivity index (χ0) is 26.7. The topological polar surface area (TPSA) is 40.5 Å². The van der Waals surface area contributed by atoms with Crippen LogP contribution < -0.4 is 0 Å². The number of thioether (sulfide) groups is 2. The number of aliphatic hydroxyl groups excluding tert-OH is 2. The van der Waals surface area contributed by atoms with E-state index in [1.165, 1.54) is 22.3 Å². The summed E-state index contributed by atoms with van der Waals surface area (Å²) in [6, 6.07) is 29.0. The monoisotopic (exact) mass is 534 g/mol. The predicted octanol–water partition coefficient (Wildman–Crippen LogP) is 6.94. The van der Waals surface area contributed by atoms with E-state index in [0.29, 0.717) is 11.5 Å². The van der Waals surface area contributed by atoms with Crippen molar-refractivity contribution in [1.29, 1.82) is 0 Å². The molecule has 0 saturated carbocycles. The standard InChI is InChI=1S/C34H30O2S2/c1-25-23-29(5-3-27-7-13-31(14-8-27)37-21-19-35)11-17-33(25)34-18-12-30(24-26(34)2)6-4-28-9-15-32(16-10-28)38-22-20-36/h7-18,23-24,35-36H,19-22H2,1-2H3. The summed E-state index contributed by atoms with van der Waals surface area (Å²) in [6.07, 6.45) is 0. The fourth-order valence-electron chi connectivity index (χ4n) is 3.97. The van der Waals surface area contributed by atoms with Gasteiger partial charge in [-0.1, -0.05) is 35.8 Å². The zero-order valence-corrected chi connectivity index (χ0v) is 23.3. The van der Waals surface area contributed by atoms with Gasteiger partial charge < -0.3 is 10.2 Å². The third kappa shape index (κ3) is 7.81. The van der Waals surface area contributed by atoms with Crippen LogP contribution in [0.1, 0.15) is 33.4 Å². The molecule has 4 aromatic rings. The maximum atomic E-state index is 8.97. The van der Waals surface area contributed by atoms with Gasteiger partial charge in [0.15, 0.2) is 0 Å². The molecule has 38 heavy (non-hydrogen) atoms. The fraction of sp³-hybridized carbons (Fsp3) is 0.176. The predicted molar refractivity (Wildman–Crippen MR) is 162 cm³/mol. The van der Waals surface area contributed by atoms with Gasteiger partial charge in [-0.05, 0) is 109 Å². The summed E-state index contributed by atoms with van der Waals surface area (Å²) in [5.74, 6) is 14.5. The van der Waals surface area contributed by atoms with Crippen molar-refractivity contribution in [2.45, 2.75) is 23.6 Å². The summed E-state index contributed by atoms with van der Waals surface area (Å²) < 4.78 is 0. The lowest BCUT2D eigenvalue weighted by Crippen LogP contribution is -1.90. The van der Waals surface area contributed by atoms with Gasteiger partial charge in [-0.15, -0.1) is 23.5 Å². The Morgan fingerprint density at radius 1 is 0.500 bits per heavy atom. The van der Waals surface area contributed by atoms with E-state index in [1.807, 2.05) is 48.5 Å². The van der Waals surface area contributed by atoms with E-state index in [0.717, 1.165) is 32.0 Å². The van der Waals surface area contributed by atoms with Crippen LogP contribution in [0, 0.1) is 37.5 Å². The summed E-state index contributed by atoms with van der Waals surface area (Å²) in [4.78, 5) is 2.28. The Hall–Kier alpha value is -3.38. The molecule has 0 bridgehead atoms. The second-order valence-corrected chi connectivity index (χ2v) is 11.1. The van der Waals surface area contributed by atoms with Crippen LogP contribution in [0.25, 0.3) is 11.1 Å². The Morgan fingerprint density at radius 3 is 1.18 bits per heavy atom. The average Bonchev–Trinajstić information content (AvgIpc) is 2.94. The molecule has 2 N–H and O–H groups in total. The van der Waals surface area contributed by atoms with Crippen molar-refractivity contribution in [3.63, 3.8) is 0 Å². The van der Waals surface area contributed by atoms with Gasteiger partial charge >= 0.3 is 0 Å². The molecule has 0 fully saturated rings. The highest BCUT2D eigenvalue weighted by molar-refractivity contribution is 7.99. The number of benzene rings is 4. The van der Waals surface area contributed by atoms with E-state index in [1.54, 1.807) is 23.5 Å². The van der Waals surface area contributed by atoms with Crippen molar-refractivity contribution in [2.24, 2.45) is 0 Å².